The summed E-state index contributed by atoms with van der Waals surface area (Å²) in [6, 6.07) is 5.79. The van der Waals surface area contributed by atoms with E-state index >= 15 is 0 Å². The van der Waals surface area contributed by atoms with Crippen molar-refractivity contribution < 1.29 is 13.2 Å². The molecule has 6 nitrogen and oxygen atoms in total. The minimum atomic E-state index is -3.83. The number of benzene rings is 1. The molecule has 1 fully saturated rings. The topological polar surface area (TPSA) is 101 Å². The number of urea groups is 1. The van der Waals surface area contributed by atoms with Crippen LogP contribution >= 0.6 is 0 Å². The van der Waals surface area contributed by atoms with Crippen molar-refractivity contribution in [3.63, 3.8) is 0 Å². The summed E-state index contributed by atoms with van der Waals surface area (Å²) in [6.07, 6.45) is 4.64. The average molecular weight is 311 g/mol. The number of hydrogen-bond acceptors (Lipinski definition) is 4. The van der Waals surface area contributed by atoms with Gasteiger partial charge in [0.1, 0.15) is 0 Å². The third kappa shape index (κ3) is 4.44. The van der Waals surface area contributed by atoms with Gasteiger partial charge >= 0.3 is 6.03 Å². The second-order valence-electron chi connectivity index (χ2n) is 5.24. The van der Waals surface area contributed by atoms with Gasteiger partial charge in [-0.25, -0.2) is 17.9 Å². The molecule has 0 heterocycles. The van der Waals surface area contributed by atoms with E-state index in [2.05, 4.69) is 5.32 Å². The van der Waals surface area contributed by atoms with E-state index in [4.69, 9.17) is 5.73 Å². The molecule has 116 valence electrons. The second-order valence-corrected chi connectivity index (χ2v) is 6.93. The lowest BCUT2D eigenvalue weighted by atomic mass is 10.2. The third-order valence-corrected chi connectivity index (χ3v) is 4.93. The number of nitrogens with one attached hydrogen (secondary N) is 2. The molecule has 2 rings (SSSR count). The van der Waals surface area contributed by atoms with Gasteiger partial charge in [0.15, 0.2) is 0 Å². The molecule has 7 heteroatoms. The highest BCUT2D eigenvalue weighted by atomic mass is 32.2. The van der Waals surface area contributed by atoms with Gasteiger partial charge in [-0.3, -0.25) is 0 Å². The van der Waals surface area contributed by atoms with Crippen LogP contribution in [0.15, 0.2) is 29.2 Å². The Bertz CT molecular complexity index is 578. The maximum atomic E-state index is 12.1. The van der Waals surface area contributed by atoms with Gasteiger partial charge in [-0.2, -0.15) is 0 Å². The standard InChI is InChI=1S/C14H21N3O3S/c15-10-9-11-5-7-13(8-6-11)21(19,20)17-14(18)16-12-3-1-2-4-12/h5-8,12H,1-4,9-10,15H2,(H2,16,17,18). The Hall–Kier alpha value is -1.60. The third-order valence-electron chi connectivity index (χ3n) is 3.58. The molecule has 1 aliphatic rings. The lowest BCUT2D eigenvalue weighted by Gasteiger charge is -2.13. The lowest BCUT2D eigenvalue weighted by molar-refractivity contribution is 0.242. The van der Waals surface area contributed by atoms with E-state index in [1.807, 2.05) is 4.72 Å². The second kappa shape index (κ2) is 6.91. The molecule has 1 aliphatic carbocycles. The molecule has 1 aromatic carbocycles. The van der Waals surface area contributed by atoms with Crippen LogP contribution in [-0.4, -0.2) is 27.0 Å². The van der Waals surface area contributed by atoms with Gasteiger partial charge in [0, 0.05) is 6.04 Å². The number of carbonyl (C=O) groups excluding carboxylic acids is 1. The van der Waals surface area contributed by atoms with Gasteiger partial charge in [0.05, 0.1) is 4.90 Å². The number of rotatable bonds is 5. The van der Waals surface area contributed by atoms with Crippen LogP contribution in [0, 0.1) is 0 Å². The fourth-order valence-corrected chi connectivity index (χ4v) is 3.38. The van der Waals surface area contributed by atoms with E-state index in [1.54, 1.807) is 12.1 Å². The van der Waals surface area contributed by atoms with Crippen LogP contribution in [0.1, 0.15) is 31.2 Å². The maximum absolute atomic E-state index is 12.1. The molecule has 0 saturated heterocycles. The summed E-state index contributed by atoms with van der Waals surface area (Å²) in [7, 11) is -3.83. The van der Waals surface area contributed by atoms with E-state index in [-0.39, 0.29) is 10.9 Å². The number of carbonyl (C=O) groups is 1. The average Bonchev–Trinajstić information content (AvgIpc) is 2.92. The van der Waals surface area contributed by atoms with Crippen LogP contribution in [0.5, 0.6) is 0 Å². The van der Waals surface area contributed by atoms with E-state index in [1.165, 1.54) is 12.1 Å². The molecule has 2 amide bonds. The van der Waals surface area contributed by atoms with Gasteiger partial charge < -0.3 is 11.1 Å². The summed E-state index contributed by atoms with van der Waals surface area (Å²) in [5.74, 6) is 0. The predicted molar refractivity (Wildman–Crippen MR) is 80.3 cm³/mol. The fraction of sp³-hybridized carbons (Fsp3) is 0.500. The van der Waals surface area contributed by atoms with E-state index in [0.717, 1.165) is 31.2 Å². The van der Waals surface area contributed by atoms with E-state index < -0.39 is 16.1 Å². The minimum absolute atomic E-state index is 0.0739. The fourth-order valence-electron chi connectivity index (χ4n) is 2.47. The van der Waals surface area contributed by atoms with Crippen molar-refractivity contribution in [2.24, 2.45) is 5.73 Å². The highest BCUT2D eigenvalue weighted by molar-refractivity contribution is 7.90. The Morgan fingerprint density at radius 1 is 1.19 bits per heavy atom. The Morgan fingerprint density at radius 2 is 1.81 bits per heavy atom. The first-order valence-corrected chi connectivity index (χ1v) is 8.62. The summed E-state index contributed by atoms with van der Waals surface area (Å²) >= 11 is 0. The molecule has 21 heavy (non-hydrogen) atoms. The molecule has 0 aliphatic heterocycles. The molecule has 0 atom stereocenters. The largest absolute Gasteiger partial charge is 0.335 e. The highest BCUT2D eigenvalue weighted by Crippen LogP contribution is 2.17. The first kappa shape index (κ1) is 15.8. The minimum Gasteiger partial charge on any atom is -0.335 e. The van der Waals surface area contributed by atoms with Crippen molar-refractivity contribution in [1.29, 1.82) is 0 Å². The summed E-state index contributed by atoms with van der Waals surface area (Å²) in [5, 5.41) is 2.69. The Morgan fingerprint density at radius 3 is 2.38 bits per heavy atom. The van der Waals surface area contributed by atoms with Crippen LogP contribution < -0.4 is 15.8 Å². The summed E-state index contributed by atoms with van der Waals surface area (Å²) in [4.78, 5) is 11.8. The van der Waals surface area contributed by atoms with Crippen molar-refractivity contribution in [3.8, 4) is 0 Å². The molecule has 0 radical (unpaired) electrons. The number of amides is 2. The zero-order valence-electron chi connectivity index (χ0n) is 11.8. The molecule has 0 bridgehead atoms. The smallest absolute Gasteiger partial charge is 0.328 e. The molecule has 0 spiro atoms. The van der Waals surface area contributed by atoms with Crippen LogP contribution in [0.2, 0.25) is 0 Å². The van der Waals surface area contributed by atoms with Gasteiger partial charge in [0.25, 0.3) is 10.0 Å². The Labute approximate surface area is 125 Å². The van der Waals surface area contributed by atoms with Gasteiger partial charge in [-0.1, -0.05) is 25.0 Å². The first-order chi connectivity index (χ1) is 10.0. The summed E-state index contributed by atoms with van der Waals surface area (Å²) in [5.41, 5.74) is 6.41. The molecule has 1 aromatic rings. The number of sulfonamides is 1. The van der Waals surface area contributed by atoms with E-state index in [9.17, 15) is 13.2 Å². The molecule has 0 unspecified atom stereocenters. The summed E-state index contributed by atoms with van der Waals surface area (Å²) in [6.45, 7) is 0.508. The van der Waals surface area contributed by atoms with Crippen molar-refractivity contribution in [3.05, 3.63) is 29.8 Å². The highest BCUT2D eigenvalue weighted by Gasteiger charge is 2.21. The van der Waals surface area contributed by atoms with Gasteiger partial charge in [-0.05, 0) is 43.5 Å². The van der Waals surface area contributed by atoms with Crippen molar-refractivity contribution in [1.82, 2.24) is 10.0 Å². The normalized spacial score (nSPS) is 15.9. The quantitative estimate of drug-likeness (QED) is 0.758. The molecule has 4 N–H and O–H groups in total. The zero-order chi connectivity index (χ0) is 15.3. The zero-order valence-corrected chi connectivity index (χ0v) is 12.7. The summed E-state index contributed by atoms with van der Waals surface area (Å²) < 4.78 is 26.2. The van der Waals surface area contributed by atoms with Crippen LogP contribution in [0.3, 0.4) is 0 Å². The van der Waals surface area contributed by atoms with Crippen LogP contribution in [0.25, 0.3) is 0 Å². The molecule has 0 aromatic heterocycles. The Balaban J connectivity index is 1.98. The van der Waals surface area contributed by atoms with Gasteiger partial charge in [-0.15, -0.1) is 0 Å². The lowest BCUT2D eigenvalue weighted by Crippen LogP contribution is -2.43. The number of nitrogens with two attached hydrogens (primary N) is 1. The SMILES string of the molecule is NCCc1ccc(S(=O)(=O)NC(=O)NC2CCCC2)cc1. The Kier molecular flexibility index (Phi) is 5.19. The van der Waals surface area contributed by atoms with Gasteiger partial charge in [0.2, 0.25) is 0 Å². The van der Waals surface area contributed by atoms with Crippen LogP contribution in [0.4, 0.5) is 4.79 Å². The molecule has 1 saturated carbocycles. The maximum Gasteiger partial charge on any atom is 0.328 e. The van der Waals surface area contributed by atoms with Crippen molar-refractivity contribution >= 4 is 16.1 Å². The van der Waals surface area contributed by atoms with Crippen molar-refractivity contribution in [2.75, 3.05) is 6.54 Å². The van der Waals surface area contributed by atoms with E-state index in [0.29, 0.717) is 13.0 Å². The predicted octanol–water partition coefficient (Wildman–Crippen LogP) is 1.12. The van der Waals surface area contributed by atoms with Crippen molar-refractivity contribution in [2.45, 2.75) is 43.0 Å². The molecular weight excluding hydrogens is 290 g/mol. The van der Waals surface area contributed by atoms with Crippen LogP contribution in [-0.2, 0) is 16.4 Å². The monoisotopic (exact) mass is 311 g/mol. The molecular formula is C14H21N3O3S. The number of hydrogen-bond donors (Lipinski definition) is 3. The first-order valence-electron chi connectivity index (χ1n) is 7.13.